The number of hydrogen-bond acceptors (Lipinski definition) is 6. The lowest BCUT2D eigenvalue weighted by atomic mass is 10.1. The molecule has 176 valence electrons. The summed E-state index contributed by atoms with van der Waals surface area (Å²) in [5.74, 6) is -0.698. The van der Waals surface area contributed by atoms with Crippen LogP contribution in [0.5, 0.6) is 0 Å². The minimum absolute atomic E-state index is 0.105. The summed E-state index contributed by atoms with van der Waals surface area (Å²) in [6.07, 6.45) is 1.02. The number of anilines is 3. The molecule has 0 bridgehead atoms. The quantitative estimate of drug-likeness (QED) is 0.216. The number of non-ortho nitro benzene ring substituents is 1. The van der Waals surface area contributed by atoms with Gasteiger partial charge >= 0.3 is 6.03 Å². The van der Waals surface area contributed by atoms with E-state index < -0.39 is 28.1 Å². The molecular weight excluding hydrogens is 499 g/mol. The van der Waals surface area contributed by atoms with Crippen molar-refractivity contribution in [1.82, 2.24) is 9.97 Å². The third-order valence-corrected chi connectivity index (χ3v) is 5.33. The summed E-state index contributed by atoms with van der Waals surface area (Å²) in [6.45, 7) is 0. The van der Waals surface area contributed by atoms with Crippen LogP contribution in [-0.4, -0.2) is 26.8 Å². The van der Waals surface area contributed by atoms with Crippen LogP contribution in [0.4, 0.5) is 27.5 Å². The average molecular weight is 513 g/mol. The molecule has 0 aliphatic carbocycles. The number of nitro benzene ring substituents is 1. The maximum absolute atomic E-state index is 12.9. The molecule has 0 unspecified atom stereocenters. The molecule has 0 atom stereocenters. The number of urea groups is 1. The molecule has 13 heteroatoms. The highest BCUT2D eigenvalue weighted by Crippen LogP contribution is 2.27. The summed E-state index contributed by atoms with van der Waals surface area (Å²) >= 11 is 12.0. The predicted molar refractivity (Wildman–Crippen MR) is 133 cm³/mol. The van der Waals surface area contributed by atoms with Gasteiger partial charge in [-0.15, -0.1) is 0 Å². The zero-order valence-corrected chi connectivity index (χ0v) is 19.0. The first-order valence-corrected chi connectivity index (χ1v) is 10.6. The molecular formula is C22H14Cl2N6O5. The van der Waals surface area contributed by atoms with Gasteiger partial charge in [0.15, 0.2) is 5.52 Å². The number of fused-ring (bicyclic) bond motifs is 1. The molecule has 0 radical (unpaired) electrons. The van der Waals surface area contributed by atoms with Gasteiger partial charge in [0, 0.05) is 22.5 Å². The van der Waals surface area contributed by atoms with Crippen molar-refractivity contribution in [3.05, 3.63) is 97.0 Å². The van der Waals surface area contributed by atoms with E-state index in [0.29, 0.717) is 27.1 Å². The number of nitrogens with zero attached hydrogens (tertiary/aromatic N) is 2. The number of halogens is 2. The van der Waals surface area contributed by atoms with E-state index in [0.717, 1.165) is 12.4 Å². The minimum atomic E-state index is -0.699. The lowest BCUT2D eigenvalue weighted by molar-refractivity contribution is -0.383. The third kappa shape index (κ3) is 5.21. The first-order valence-electron chi connectivity index (χ1n) is 9.82. The van der Waals surface area contributed by atoms with Gasteiger partial charge in [-0.25, -0.2) is 9.78 Å². The molecule has 1 heterocycles. The second kappa shape index (κ2) is 9.79. The summed E-state index contributed by atoms with van der Waals surface area (Å²) in [4.78, 5) is 54.4. The van der Waals surface area contributed by atoms with Crippen molar-refractivity contribution in [3.8, 4) is 0 Å². The van der Waals surface area contributed by atoms with E-state index in [-0.39, 0.29) is 16.5 Å². The number of aromatic nitrogens is 2. The fraction of sp³-hybridized carbons (Fsp3) is 0. The Morgan fingerprint density at radius 1 is 0.971 bits per heavy atom. The fourth-order valence-corrected chi connectivity index (χ4v) is 3.59. The van der Waals surface area contributed by atoms with E-state index in [1.807, 2.05) is 0 Å². The number of carbonyl (C=O) groups excluding carboxylic acids is 2. The Morgan fingerprint density at radius 3 is 2.46 bits per heavy atom. The molecule has 4 rings (SSSR count). The molecule has 4 aromatic rings. The van der Waals surface area contributed by atoms with Gasteiger partial charge in [-0.05, 0) is 42.5 Å². The van der Waals surface area contributed by atoms with E-state index in [1.165, 1.54) is 24.3 Å². The van der Waals surface area contributed by atoms with Crippen molar-refractivity contribution in [2.24, 2.45) is 0 Å². The van der Waals surface area contributed by atoms with E-state index in [4.69, 9.17) is 23.2 Å². The molecule has 3 amide bonds. The molecule has 0 fully saturated rings. The van der Waals surface area contributed by atoms with Crippen molar-refractivity contribution in [2.75, 3.05) is 16.0 Å². The smallest absolute Gasteiger partial charge is 0.322 e. The number of nitro groups is 1. The minimum Gasteiger partial charge on any atom is -0.322 e. The van der Waals surface area contributed by atoms with Gasteiger partial charge in [0.2, 0.25) is 0 Å². The highest BCUT2D eigenvalue weighted by Gasteiger charge is 2.21. The molecule has 1 aromatic heterocycles. The second-order valence-corrected chi connectivity index (χ2v) is 7.93. The molecule has 0 saturated carbocycles. The highest BCUT2D eigenvalue weighted by atomic mass is 35.5. The lowest BCUT2D eigenvalue weighted by Gasteiger charge is -2.11. The molecule has 0 aliphatic rings. The number of carbonyl (C=O) groups is 2. The molecule has 11 nitrogen and oxygen atoms in total. The Labute approximate surface area is 206 Å². The van der Waals surface area contributed by atoms with Crippen LogP contribution >= 0.6 is 23.2 Å². The monoisotopic (exact) mass is 512 g/mol. The summed E-state index contributed by atoms with van der Waals surface area (Å²) in [5, 5.41) is 19.5. The number of nitrogens with one attached hydrogen (secondary N) is 4. The van der Waals surface area contributed by atoms with Crippen LogP contribution in [0, 0.1) is 10.1 Å². The highest BCUT2D eigenvalue weighted by molar-refractivity contribution is 6.35. The Hall–Kier alpha value is -4.48. The number of hydrogen-bond donors (Lipinski definition) is 4. The normalized spacial score (nSPS) is 10.6. The van der Waals surface area contributed by atoms with Crippen molar-refractivity contribution in [2.45, 2.75) is 0 Å². The summed E-state index contributed by atoms with van der Waals surface area (Å²) < 4.78 is 0. The van der Waals surface area contributed by atoms with Crippen LogP contribution in [0.15, 0.2) is 65.7 Å². The van der Waals surface area contributed by atoms with Gasteiger partial charge in [0.25, 0.3) is 17.2 Å². The zero-order chi connectivity index (χ0) is 25.1. The van der Waals surface area contributed by atoms with Gasteiger partial charge in [-0.3, -0.25) is 19.7 Å². The maximum Gasteiger partial charge on any atom is 0.323 e. The number of rotatable bonds is 5. The Morgan fingerprint density at radius 2 is 1.71 bits per heavy atom. The van der Waals surface area contributed by atoms with Crippen LogP contribution in [-0.2, 0) is 0 Å². The first-order chi connectivity index (χ1) is 16.7. The maximum atomic E-state index is 12.9. The Bertz CT molecular complexity index is 1560. The van der Waals surface area contributed by atoms with Gasteiger partial charge in [-0.1, -0.05) is 29.3 Å². The molecule has 0 spiro atoms. The third-order valence-electron chi connectivity index (χ3n) is 4.77. The molecule has 4 N–H and O–H groups in total. The summed E-state index contributed by atoms with van der Waals surface area (Å²) in [7, 11) is 0. The predicted octanol–water partition coefficient (Wildman–Crippen LogP) is 5.03. The Balaban J connectivity index is 1.55. The fourth-order valence-electron chi connectivity index (χ4n) is 3.26. The van der Waals surface area contributed by atoms with Gasteiger partial charge in [0.05, 0.1) is 32.9 Å². The van der Waals surface area contributed by atoms with Gasteiger partial charge in [0.1, 0.15) is 0 Å². The molecule has 3 aromatic carbocycles. The van der Waals surface area contributed by atoms with Crippen LogP contribution < -0.4 is 21.5 Å². The van der Waals surface area contributed by atoms with Gasteiger partial charge < -0.3 is 20.9 Å². The van der Waals surface area contributed by atoms with Gasteiger partial charge in [-0.2, -0.15) is 0 Å². The largest absolute Gasteiger partial charge is 0.323 e. The summed E-state index contributed by atoms with van der Waals surface area (Å²) in [5.41, 5.74) is -0.475. The zero-order valence-electron chi connectivity index (χ0n) is 17.5. The average Bonchev–Trinajstić information content (AvgIpc) is 2.81. The number of aromatic amines is 1. The molecule has 35 heavy (non-hydrogen) atoms. The van der Waals surface area contributed by atoms with Crippen molar-refractivity contribution >= 4 is 68.8 Å². The van der Waals surface area contributed by atoms with E-state index >= 15 is 0 Å². The summed E-state index contributed by atoms with van der Waals surface area (Å²) in [6, 6.07) is 12.5. The number of amides is 3. The number of H-pyrrole nitrogens is 1. The van der Waals surface area contributed by atoms with E-state index in [2.05, 4.69) is 25.9 Å². The Kier molecular flexibility index (Phi) is 6.62. The molecule has 0 saturated heterocycles. The SMILES string of the molecule is O=C(Nc1cccc(NC(=O)c2ccc([N+](=O)[O-])c3nc[nH]c(=O)c23)c1)Nc1cc(Cl)ccc1Cl. The first kappa shape index (κ1) is 23.7. The second-order valence-electron chi connectivity index (χ2n) is 7.08. The number of benzene rings is 3. The van der Waals surface area contributed by atoms with Crippen LogP contribution in [0.3, 0.4) is 0 Å². The topological polar surface area (TPSA) is 159 Å². The lowest BCUT2D eigenvalue weighted by Crippen LogP contribution is -2.20. The van der Waals surface area contributed by atoms with Crippen molar-refractivity contribution in [3.63, 3.8) is 0 Å². The van der Waals surface area contributed by atoms with Crippen LogP contribution in [0.25, 0.3) is 10.9 Å². The van der Waals surface area contributed by atoms with E-state index in [9.17, 15) is 24.5 Å². The van der Waals surface area contributed by atoms with Crippen molar-refractivity contribution < 1.29 is 14.5 Å². The molecule has 0 aliphatic heterocycles. The van der Waals surface area contributed by atoms with E-state index in [1.54, 1.807) is 24.3 Å². The van der Waals surface area contributed by atoms with Crippen LogP contribution in [0.2, 0.25) is 10.0 Å². The standard InChI is InChI=1S/C22H14Cl2N6O5/c23-11-4-6-15(24)16(8-11)29-22(33)28-13-3-1-2-12(9-13)27-20(31)14-5-7-17(30(34)35)19-18(14)21(32)26-10-25-19/h1-10H,(H,27,31)(H,25,26,32)(H2,28,29,33). The van der Waals surface area contributed by atoms with Crippen molar-refractivity contribution in [1.29, 1.82) is 0 Å². The van der Waals surface area contributed by atoms with Crippen LogP contribution in [0.1, 0.15) is 10.4 Å².